The molecule has 1 saturated carbocycles. The molecule has 0 radical (unpaired) electrons. The summed E-state index contributed by atoms with van der Waals surface area (Å²) in [5.74, 6) is 1.07. The third-order valence-electron chi connectivity index (χ3n) is 4.29. The molecule has 1 unspecified atom stereocenters. The van der Waals surface area contributed by atoms with Gasteiger partial charge in [0.1, 0.15) is 0 Å². The molecule has 0 spiro atoms. The number of benzene rings is 1. The number of nitrogens with one attached hydrogen (secondary N) is 1. The number of amides is 3. The van der Waals surface area contributed by atoms with Gasteiger partial charge in [0, 0.05) is 19.0 Å². The van der Waals surface area contributed by atoms with Gasteiger partial charge in [-0.2, -0.15) is 0 Å². The normalized spacial score (nSPS) is 18.3. The summed E-state index contributed by atoms with van der Waals surface area (Å²) in [6.45, 7) is 2.73. The number of imide groups is 1. The topological polar surface area (TPSA) is 80.1 Å². The van der Waals surface area contributed by atoms with Gasteiger partial charge in [-0.15, -0.1) is 5.10 Å². The van der Waals surface area contributed by atoms with E-state index < -0.39 is 5.25 Å². The van der Waals surface area contributed by atoms with Crippen LogP contribution in [0, 0.1) is 0 Å². The lowest BCUT2D eigenvalue weighted by molar-refractivity contribution is -0.126. The predicted octanol–water partition coefficient (Wildman–Crippen LogP) is 2.18. The molecule has 2 heterocycles. The van der Waals surface area contributed by atoms with E-state index in [1.165, 1.54) is 16.7 Å². The fourth-order valence-corrected chi connectivity index (χ4v) is 3.69. The Morgan fingerprint density at radius 2 is 2.08 bits per heavy atom. The van der Waals surface area contributed by atoms with Gasteiger partial charge in [-0.05, 0) is 31.9 Å². The lowest BCUT2D eigenvalue weighted by Crippen LogP contribution is -2.39. The van der Waals surface area contributed by atoms with Crippen LogP contribution in [0.2, 0.25) is 0 Å². The molecule has 25 heavy (non-hydrogen) atoms. The number of aromatic nitrogens is 3. The Bertz CT molecular complexity index is 803. The Kier molecular flexibility index (Phi) is 4.20. The summed E-state index contributed by atoms with van der Waals surface area (Å²) in [5.41, 5.74) is 0.919. The van der Waals surface area contributed by atoms with E-state index in [9.17, 15) is 9.59 Å². The summed E-state index contributed by atoms with van der Waals surface area (Å²) in [5, 5.41) is 7.58. The van der Waals surface area contributed by atoms with Crippen LogP contribution in [-0.4, -0.2) is 49.9 Å². The number of carbonyl (C=O) groups is 2. The molecule has 0 bridgehead atoms. The summed E-state index contributed by atoms with van der Waals surface area (Å²) in [6.07, 6.45) is 2.23. The van der Waals surface area contributed by atoms with Crippen molar-refractivity contribution in [1.82, 2.24) is 25.0 Å². The van der Waals surface area contributed by atoms with E-state index in [1.807, 2.05) is 30.3 Å². The Labute approximate surface area is 149 Å². The second-order valence-corrected chi connectivity index (χ2v) is 7.56. The van der Waals surface area contributed by atoms with Crippen LogP contribution in [0.5, 0.6) is 0 Å². The van der Waals surface area contributed by atoms with Gasteiger partial charge in [0.25, 0.3) is 0 Å². The second-order valence-electron chi connectivity index (χ2n) is 6.26. The maximum absolute atomic E-state index is 12.5. The molecule has 2 aromatic rings. The molecule has 2 aliphatic rings. The monoisotopic (exact) mass is 357 g/mol. The number of hydrogen-bond acceptors (Lipinski definition) is 5. The lowest BCUT2D eigenvalue weighted by atomic mass is 10.3. The van der Waals surface area contributed by atoms with Gasteiger partial charge >= 0.3 is 6.03 Å². The quantitative estimate of drug-likeness (QED) is 0.830. The number of nitrogens with zero attached hydrogens (tertiary/aromatic N) is 4. The second kappa shape index (κ2) is 6.51. The third kappa shape index (κ3) is 3.26. The highest BCUT2D eigenvalue weighted by Crippen LogP contribution is 2.39. The molecule has 8 heteroatoms. The third-order valence-corrected chi connectivity index (χ3v) is 5.32. The summed E-state index contributed by atoms with van der Waals surface area (Å²) in [6, 6.07) is 9.47. The minimum absolute atomic E-state index is 0.199. The van der Waals surface area contributed by atoms with E-state index in [2.05, 4.69) is 15.4 Å². The Morgan fingerprint density at radius 1 is 1.32 bits per heavy atom. The molecule has 1 aromatic carbocycles. The first kappa shape index (κ1) is 16.1. The van der Waals surface area contributed by atoms with Gasteiger partial charge < -0.3 is 5.32 Å². The van der Waals surface area contributed by atoms with Crippen LogP contribution in [0.1, 0.15) is 31.5 Å². The largest absolute Gasteiger partial charge is 0.336 e. The molecule has 1 atom stereocenters. The average molecular weight is 357 g/mol. The van der Waals surface area contributed by atoms with Gasteiger partial charge in [-0.3, -0.25) is 9.69 Å². The lowest BCUT2D eigenvalue weighted by Gasteiger charge is -2.17. The first-order chi connectivity index (χ1) is 12.1. The van der Waals surface area contributed by atoms with E-state index in [4.69, 9.17) is 0 Å². The van der Waals surface area contributed by atoms with E-state index >= 15 is 0 Å². The molecule has 2 fully saturated rings. The van der Waals surface area contributed by atoms with Crippen molar-refractivity contribution in [3.63, 3.8) is 0 Å². The van der Waals surface area contributed by atoms with Crippen LogP contribution >= 0.6 is 11.8 Å². The molecule has 7 nitrogen and oxygen atoms in total. The molecule has 1 aliphatic carbocycles. The van der Waals surface area contributed by atoms with Crippen molar-refractivity contribution in [3.8, 4) is 5.69 Å². The average Bonchev–Trinajstić information content (AvgIpc) is 3.26. The van der Waals surface area contributed by atoms with Crippen molar-refractivity contribution >= 4 is 23.7 Å². The fraction of sp³-hybridized carbons (Fsp3) is 0.412. The molecule has 130 valence electrons. The Balaban J connectivity index is 1.58. The predicted molar refractivity (Wildman–Crippen MR) is 93.8 cm³/mol. The first-order valence-corrected chi connectivity index (χ1v) is 9.29. The SMILES string of the molecule is CC(Sc1nc(C2CC2)nn1-c1ccccc1)C(=O)N1CCNC1=O. The molecule has 1 aromatic heterocycles. The smallest absolute Gasteiger partial charge is 0.324 e. The minimum atomic E-state index is -0.414. The zero-order valence-corrected chi connectivity index (χ0v) is 14.7. The highest BCUT2D eigenvalue weighted by atomic mass is 32.2. The van der Waals surface area contributed by atoms with Crippen molar-refractivity contribution in [1.29, 1.82) is 0 Å². The number of urea groups is 1. The maximum atomic E-state index is 12.5. The van der Waals surface area contributed by atoms with E-state index in [0.29, 0.717) is 24.2 Å². The van der Waals surface area contributed by atoms with E-state index in [-0.39, 0.29) is 11.9 Å². The van der Waals surface area contributed by atoms with Gasteiger partial charge in [0.05, 0.1) is 10.9 Å². The van der Waals surface area contributed by atoms with Crippen molar-refractivity contribution in [2.75, 3.05) is 13.1 Å². The van der Waals surface area contributed by atoms with Gasteiger partial charge in [0.2, 0.25) is 5.91 Å². The first-order valence-electron chi connectivity index (χ1n) is 8.41. The summed E-state index contributed by atoms with van der Waals surface area (Å²) in [7, 11) is 0. The van der Waals surface area contributed by atoms with Crippen LogP contribution in [0.15, 0.2) is 35.5 Å². The molecular formula is C17H19N5O2S. The van der Waals surface area contributed by atoms with E-state index in [1.54, 1.807) is 11.6 Å². The van der Waals surface area contributed by atoms with Gasteiger partial charge in [-0.1, -0.05) is 30.0 Å². The fourth-order valence-electron chi connectivity index (χ4n) is 2.75. The molecule has 1 N–H and O–H groups in total. The van der Waals surface area contributed by atoms with Gasteiger partial charge in [0.15, 0.2) is 11.0 Å². The van der Waals surface area contributed by atoms with Crippen molar-refractivity contribution in [3.05, 3.63) is 36.2 Å². The van der Waals surface area contributed by atoms with Crippen LogP contribution < -0.4 is 5.32 Å². The summed E-state index contributed by atoms with van der Waals surface area (Å²) >= 11 is 1.35. The zero-order valence-electron chi connectivity index (χ0n) is 13.9. The molecule has 4 rings (SSSR count). The number of rotatable bonds is 5. The standard InChI is InChI=1S/C17H19N5O2S/c1-11(15(23)21-10-9-18-16(21)24)25-17-19-14(12-7-8-12)20-22(17)13-5-3-2-4-6-13/h2-6,11-12H,7-10H2,1H3,(H,18,24). The number of para-hydroxylation sites is 1. The summed E-state index contributed by atoms with van der Waals surface area (Å²) < 4.78 is 1.80. The van der Waals surface area contributed by atoms with Gasteiger partial charge in [-0.25, -0.2) is 14.5 Å². The highest BCUT2D eigenvalue weighted by molar-refractivity contribution is 8.00. The van der Waals surface area contributed by atoms with Crippen LogP contribution in [0.25, 0.3) is 5.69 Å². The van der Waals surface area contributed by atoms with Crippen molar-refractivity contribution < 1.29 is 9.59 Å². The summed E-state index contributed by atoms with van der Waals surface area (Å²) in [4.78, 5) is 30.2. The van der Waals surface area contributed by atoms with Crippen molar-refractivity contribution in [2.45, 2.75) is 36.1 Å². The number of carbonyl (C=O) groups excluding carboxylic acids is 2. The van der Waals surface area contributed by atoms with E-state index in [0.717, 1.165) is 24.4 Å². The zero-order chi connectivity index (χ0) is 17.4. The molecular weight excluding hydrogens is 338 g/mol. The Morgan fingerprint density at radius 3 is 2.72 bits per heavy atom. The van der Waals surface area contributed by atoms with Crippen LogP contribution in [0.4, 0.5) is 4.79 Å². The minimum Gasteiger partial charge on any atom is -0.336 e. The molecule has 3 amide bonds. The highest BCUT2D eigenvalue weighted by Gasteiger charge is 2.33. The number of hydrogen-bond donors (Lipinski definition) is 1. The molecule has 1 saturated heterocycles. The van der Waals surface area contributed by atoms with Crippen LogP contribution in [0.3, 0.4) is 0 Å². The maximum Gasteiger partial charge on any atom is 0.324 e. The van der Waals surface area contributed by atoms with Crippen LogP contribution in [-0.2, 0) is 4.79 Å². The molecule has 1 aliphatic heterocycles. The van der Waals surface area contributed by atoms with Crippen molar-refractivity contribution in [2.24, 2.45) is 0 Å². The Hall–Kier alpha value is -2.35. The number of thioether (sulfide) groups is 1.